The highest BCUT2D eigenvalue weighted by atomic mass is 16.6. The zero-order valence-electron chi connectivity index (χ0n) is 24.7. The summed E-state index contributed by atoms with van der Waals surface area (Å²) >= 11 is 0. The van der Waals surface area contributed by atoms with E-state index in [1.807, 2.05) is 32.9 Å². The molecule has 42 heavy (non-hydrogen) atoms. The fourth-order valence-electron chi connectivity index (χ4n) is 6.81. The summed E-state index contributed by atoms with van der Waals surface area (Å²) in [6.45, 7) is 10.1. The van der Waals surface area contributed by atoms with Crippen LogP contribution < -0.4 is 0 Å². The number of carbonyl (C=O) groups is 1. The largest absolute Gasteiger partial charge is 0.458 e. The van der Waals surface area contributed by atoms with Gasteiger partial charge in [0.25, 0.3) is 0 Å². The van der Waals surface area contributed by atoms with Gasteiger partial charge in [0.05, 0.1) is 42.7 Å². The van der Waals surface area contributed by atoms with Crippen molar-refractivity contribution in [1.82, 2.24) is 4.98 Å². The van der Waals surface area contributed by atoms with E-state index in [9.17, 15) is 15.2 Å². The maximum Gasteiger partial charge on any atom is 0.330 e. The molecule has 4 aliphatic rings. The molecule has 9 nitrogen and oxygen atoms in total. The highest BCUT2D eigenvalue weighted by Gasteiger charge is 2.43. The predicted octanol–water partition coefficient (Wildman–Crippen LogP) is 5.53. The van der Waals surface area contributed by atoms with Gasteiger partial charge in [-0.2, -0.15) is 5.26 Å². The molecule has 10 atom stereocenters. The number of nitrogens with zero attached hydrogens (tertiary/aromatic N) is 2. The monoisotopic (exact) mass is 578 g/mol. The average Bonchev–Trinajstić information content (AvgIpc) is 3.40. The lowest BCUT2D eigenvalue weighted by molar-refractivity contribution is -0.180. The van der Waals surface area contributed by atoms with Gasteiger partial charge in [0.2, 0.25) is 5.89 Å². The van der Waals surface area contributed by atoms with Crippen LogP contribution in [0.1, 0.15) is 83.4 Å². The first kappa shape index (κ1) is 30.4. The van der Waals surface area contributed by atoms with E-state index in [1.54, 1.807) is 12.3 Å². The molecular weight excluding hydrogens is 536 g/mol. The van der Waals surface area contributed by atoms with Crippen molar-refractivity contribution in [1.29, 1.82) is 5.26 Å². The molecule has 1 aromatic rings. The SMILES string of the molecule is C=C1C[C@@H]2C[C@@H]3C[C@@H](O)C[C@@H](O3)c3coc(n3)C=CC[C@H]3O[C@@H](C(C)=CC#N)[C@H](C)[C@@H](OC(=O)C=CC[C@@H](C1)O2)[C@H]3C. The Morgan fingerprint density at radius 1 is 1.05 bits per heavy atom. The molecule has 4 aliphatic heterocycles. The minimum Gasteiger partial charge on any atom is -0.458 e. The van der Waals surface area contributed by atoms with Crippen molar-refractivity contribution < 1.29 is 33.3 Å². The number of hydrogen-bond acceptors (Lipinski definition) is 9. The molecular formula is C33H42N2O7. The van der Waals surface area contributed by atoms with Crippen LogP contribution in [0.15, 0.2) is 52.7 Å². The number of oxazole rings is 1. The molecule has 0 saturated carbocycles. The van der Waals surface area contributed by atoms with Crippen LogP contribution in [0, 0.1) is 23.2 Å². The third-order valence-corrected chi connectivity index (χ3v) is 8.89. The smallest absolute Gasteiger partial charge is 0.330 e. The van der Waals surface area contributed by atoms with Crippen LogP contribution in [0.2, 0.25) is 0 Å². The molecule has 3 fully saturated rings. The highest BCUT2D eigenvalue weighted by Crippen LogP contribution is 2.38. The Bertz CT molecular complexity index is 1260. The molecule has 5 rings (SSSR count). The van der Waals surface area contributed by atoms with E-state index in [-0.39, 0.29) is 48.5 Å². The normalized spacial score (nSPS) is 38.2. The number of aliphatic hydroxyl groups excluding tert-OH is 1. The van der Waals surface area contributed by atoms with Crippen molar-refractivity contribution >= 4 is 12.0 Å². The minimum absolute atomic E-state index is 0.0834. The highest BCUT2D eigenvalue weighted by molar-refractivity contribution is 5.82. The standard InChI is InChI=1S/C33H42N2O7/c1-19-13-24-7-5-10-31(37)42-33-21(3)28(41-32(22(33)4)20(2)11-12-34)8-6-9-30-35-27(18-38-30)29-16-23(36)15-26(40-29)17-25(14-19)39-24/h5-6,9-11,18,21-26,28-29,32-33,36H,1,7-8,13-17H2,2-4H3/t21-,22-,23+,24-,25+,26-,28+,29+,32-,33-/m0/s1. The zero-order valence-corrected chi connectivity index (χ0v) is 24.7. The second-order valence-corrected chi connectivity index (χ2v) is 12.3. The molecule has 8 bridgehead atoms. The molecule has 9 heteroatoms. The molecule has 0 radical (unpaired) electrons. The van der Waals surface area contributed by atoms with E-state index < -0.39 is 18.2 Å². The van der Waals surface area contributed by atoms with E-state index in [4.69, 9.17) is 23.4 Å². The first-order valence-corrected chi connectivity index (χ1v) is 15.1. The number of aliphatic hydroxyl groups is 1. The van der Waals surface area contributed by atoms with E-state index in [1.165, 1.54) is 12.2 Å². The summed E-state index contributed by atoms with van der Waals surface area (Å²) in [5.41, 5.74) is 2.55. The van der Waals surface area contributed by atoms with E-state index >= 15 is 0 Å². The van der Waals surface area contributed by atoms with Gasteiger partial charge < -0.3 is 28.5 Å². The van der Waals surface area contributed by atoms with Gasteiger partial charge in [0.1, 0.15) is 24.2 Å². The minimum atomic E-state index is -0.505. The molecule has 226 valence electrons. The van der Waals surface area contributed by atoms with Crippen LogP contribution in [0.4, 0.5) is 0 Å². The fourth-order valence-corrected chi connectivity index (χ4v) is 6.81. The Morgan fingerprint density at radius 2 is 1.83 bits per heavy atom. The van der Waals surface area contributed by atoms with Gasteiger partial charge in [-0.05, 0) is 50.7 Å². The van der Waals surface area contributed by atoms with Gasteiger partial charge in [-0.15, -0.1) is 0 Å². The molecule has 0 unspecified atom stereocenters. The quantitative estimate of drug-likeness (QED) is 0.260. The molecule has 5 heterocycles. The fraction of sp³-hybridized carbons (Fsp3) is 0.606. The summed E-state index contributed by atoms with van der Waals surface area (Å²) in [7, 11) is 0. The van der Waals surface area contributed by atoms with Gasteiger partial charge in [-0.25, -0.2) is 9.78 Å². The number of aromatic nitrogens is 1. The lowest BCUT2D eigenvalue weighted by atomic mass is 9.79. The summed E-state index contributed by atoms with van der Waals surface area (Å²) in [6, 6.07) is 2.09. The van der Waals surface area contributed by atoms with E-state index in [0.717, 1.165) is 24.0 Å². The first-order chi connectivity index (χ1) is 20.2. The van der Waals surface area contributed by atoms with Gasteiger partial charge in [0.15, 0.2) is 0 Å². The Kier molecular flexibility index (Phi) is 9.79. The molecule has 0 amide bonds. The number of allylic oxidation sites excluding steroid dienone is 1. The maximum atomic E-state index is 13.0. The van der Waals surface area contributed by atoms with Crippen molar-refractivity contribution in [2.75, 3.05) is 0 Å². The van der Waals surface area contributed by atoms with Crippen molar-refractivity contribution in [2.45, 2.75) is 115 Å². The van der Waals surface area contributed by atoms with Crippen LogP contribution in [-0.4, -0.2) is 58.8 Å². The number of nitriles is 1. The summed E-state index contributed by atoms with van der Waals surface area (Å²) in [4.78, 5) is 17.6. The van der Waals surface area contributed by atoms with Crippen LogP contribution in [0.5, 0.6) is 0 Å². The van der Waals surface area contributed by atoms with Gasteiger partial charge >= 0.3 is 5.97 Å². The molecule has 1 N–H and O–H groups in total. The lowest BCUT2D eigenvalue weighted by Gasteiger charge is -2.44. The van der Waals surface area contributed by atoms with Crippen molar-refractivity contribution in [3.8, 4) is 6.07 Å². The summed E-state index contributed by atoms with van der Waals surface area (Å²) in [5, 5.41) is 19.9. The Hall–Kier alpha value is -3.03. The van der Waals surface area contributed by atoms with Gasteiger partial charge in [0, 0.05) is 36.8 Å². The van der Waals surface area contributed by atoms with Crippen LogP contribution in [-0.2, 0) is 23.7 Å². The first-order valence-electron chi connectivity index (χ1n) is 15.1. The lowest BCUT2D eigenvalue weighted by Crippen LogP contribution is -2.50. The Labute approximate surface area is 247 Å². The molecule has 0 aromatic carbocycles. The van der Waals surface area contributed by atoms with Gasteiger partial charge in [-0.3, -0.25) is 0 Å². The Balaban J connectivity index is 1.42. The number of carbonyl (C=O) groups excluding carboxylic acids is 1. The third kappa shape index (κ3) is 7.30. The topological polar surface area (TPSA) is 124 Å². The average molecular weight is 579 g/mol. The summed E-state index contributed by atoms with van der Waals surface area (Å²) in [5.74, 6) is -0.204. The number of hydrogen-bond donors (Lipinski definition) is 1. The predicted molar refractivity (Wildman–Crippen MR) is 155 cm³/mol. The van der Waals surface area contributed by atoms with Crippen molar-refractivity contribution in [2.24, 2.45) is 11.8 Å². The summed E-state index contributed by atoms with van der Waals surface area (Å²) in [6.07, 6.45) is 12.1. The second kappa shape index (κ2) is 13.5. The third-order valence-electron chi connectivity index (χ3n) is 8.89. The number of rotatable bonds is 1. The van der Waals surface area contributed by atoms with Crippen LogP contribution >= 0.6 is 0 Å². The molecule has 1 aromatic heterocycles. The Morgan fingerprint density at radius 3 is 2.64 bits per heavy atom. The molecule has 0 aliphatic carbocycles. The number of fused-ring (bicyclic) bond motifs is 9. The van der Waals surface area contributed by atoms with Crippen molar-refractivity contribution in [3.63, 3.8) is 0 Å². The molecule has 0 spiro atoms. The van der Waals surface area contributed by atoms with Crippen molar-refractivity contribution in [3.05, 3.63) is 59.9 Å². The number of ether oxygens (including phenoxy) is 4. The van der Waals surface area contributed by atoms with Gasteiger partial charge in [-0.1, -0.05) is 38.2 Å². The maximum absolute atomic E-state index is 13.0. The van der Waals surface area contributed by atoms with Crippen LogP contribution in [0.25, 0.3) is 6.08 Å². The van der Waals surface area contributed by atoms with E-state index in [2.05, 4.69) is 17.6 Å². The zero-order chi connectivity index (χ0) is 29.8. The molecule has 3 saturated heterocycles. The number of esters is 1. The summed E-state index contributed by atoms with van der Waals surface area (Å²) < 4.78 is 31.0. The van der Waals surface area contributed by atoms with E-state index in [0.29, 0.717) is 43.7 Å². The second-order valence-electron chi connectivity index (χ2n) is 12.3. The van der Waals surface area contributed by atoms with Crippen LogP contribution in [0.3, 0.4) is 0 Å².